The predicted octanol–water partition coefficient (Wildman–Crippen LogP) is 6.10. The highest BCUT2D eigenvalue weighted by Crippen LogP contribution is 2.37. The Morgan fingerprint density at radius 3 is 2.38 bits per heavy atom. The van der Waals surface area contributed by atoms with E-state index in [2.05, 4.69) is 69.2 Å². The smallest absolute Gasteiger partial charge is 0.205 e. The predicted molar refractivity (Wildman–Crippen MR) is 110 cm³/mol. The summed E-state index contributed by atoms with van der Waals surface area (Å²) in [5.41, 5.74) is 3.46. The number of ether oxygens (including phenoxy) is 1. The van der Waals surface area contributed by atoms with E-state index in [9.17, 15) is 0 Å². The van der Waals surface area contributed by atoms with Gasteiger partial charge in [0.2, 0.25) is 9.04 Å². The summed E-state index contributed by atoms with van der Waals surface area (Å²) in [4.78, 5) is 3.54. The lowest BCUT2D eigenvalue weighted by molar-refractivity contribution is 0.0834. The first kappa shape index (κ1) is 18.7. The molecule has 0 amide bonds. The van der Waals surface area contributed by atoms with Gasteiger partial charge >= 0.3 is 0 Å². The molecule has 26 heavy (non-hydrogen) atoms. The maximum Gasteiger partial charge on any atom is 0.205 e. The minimum absolute atomic E-state index is 0.0372. The molecule has 0 aliphatic carbocycles. The topological polar surface area (TPSA) is 34.2 Å². The molecule has 1 radical (unpaired) electrons. The minimum Gasteiger partial charge on any atom is -0.489 e. The number of H-pyrrole nitrogens is 1. The van der Waals surface area contributed by atoms with Crippen LogP contribution < -0.4 is 4.74 Å². The van der Waals surface area contributed by atoms with Gasteiger partial charge in [0.25, 0.3) is 0 Å². The fourth-order valence-corrected chi connectivity index (χ4v) is 4.00. The molecular formula is C22H28NO2Si. The third kappa shape index (κ3) is 4.57. The second-order valence-corrected chi connectivity index (χ2v) is 10.1. The van der Waals surface area contributed by atoms with E-state index in [1.165, 1.54) is 5.56 Å². The molecule has 0 aliphatic rings. The van der Waals surface area contributed by atoms with Gasteiger partial charge in [0, 0.05) is 16.6 Å². The number of aromatic nitrogens is 1. The molecule has 0 spiro atoms. The molecule has 2 aromatic carbocycles. The lowest BCUT2D eigenvalue weighted by Gasteiger charge is -2.31. The second-order valence-electron chi connectivity index (χ2n) is 8.02. The van der Waals surface area contributed by atoms with Gasteiger partial charge in [-0.05, 0) is 48.3 Å². The van der Waals surface area contributed by atoms with E-state index < -0.39 is 9.04 Å². The van der Waals surface area contributed by atoms with E-state index in [0.29, 0.717) is 6.61 Å². The Morgan fingerprint density at radius 1 is 1.00 bits per heavy atom. The first-order valence-corrected chi connectivity index (χ1v) is 11.5. The van der Waals surface area contributed by atoms with E-state index in [4.69, 9.17) is 9.16 Å². The zero-order valence-corrected chi connectivity index (χ0v) is 17.3. The van der Waals surface area contributed by atoms with Crippen molar-refractivity contribution >= 4 is 19.9 Å². The lowest BCUT2D eigenvalue weighted by atomic mass is 9.87. The molecule has 1 N–H and O–H groups in total. The third-order valence-electron chi connectivity index (χ3n) is 4.28. The number of benzene rings is 2. The van der Waals surface area contributed by atoms with Gasteiger partial charge in [-0.3, -0.25) is 0 Å². The molecule has 1 atom stereocenters. The summed E-state index contributed by atoms with van der Waals surface area (Å²) < 4.78 is 12.3. The van der Waals surface area contributed by atoms with Gasteiger partial charge < -0.3 is 14.1 Å². The molecule has 0 aliphatic heterocycles. The highest BCUT2D eigenvalue weighted by atomic mass is 28.3. The maximum absolute atomic E-state index is 6.31. The molecule has 1 aromatic heterocycles. The van der Waals surface area contributed by atoms with Crippen LogP contribution >= 0.6 is 0 Å². The zero-order chi connectivity index (χ0) is 18.7. The van der Waals surface area contributed by atoms with E-state index in [-0.39, 0.29) is 11.5 Å². The summed E-state index contributed by atoms with van der Waals surface area (Å²) in [6, 6.07) is 18.6. The molecule has 4 heteroatoms. The van der Waals surface area contributed by atoms with Gasteiger partial charge in [-0.2, -0.15) is 0 Å². The van der Waals surface area contributed by atoms with Crippen molar-refractivity contribution in [3.63, 3.8) is 0 Å². The molecule has 0 fully saturated rings. The standard InChI is InChI=1S/C22H28NO2Si/c1-22(2,3)21(25-26(4)5)20-14-17-13-18(11-12-19(17)23-20)24-15-16-9-7-6-8-10-16/h6-14,21,23H,15H2,1-5H3. The summed E-state index contributed by atoms with van der Waals surface area (Å²) in [5.74, 6) is 0.885. The van der Waals surface area contributed by atoms with E-state index in [0.717, 1.165) is 22.3 Å². The van der Waals surface area contributed by atoms with Crippen molar-refractivity contribution in [3.8, 4) is 5.75 Å². The maximum atomic E-state index is 6.31. The SMILES string of the molecule is C[Si](C)OC(c1cc2cc(OCc3ccccc3)ccc2[nH]1)C(C)(C)C. The van der Waals surface area contributed by atoms with Gasteiger partial charge in [0.15, 0.2) is 0 Å². The van der Waals surface area contributed by atoms with E-state index in [1.54, 1.807) is 0 Å². The van der Waals surface area contributed by atoms with Crippen LogP contribution in [0, 0.1) is 5.41 Å². The lowest BCUT2D eigenvalue weighted by Crippen LogP contribution is -2.26. The number of nitrogens with one attached hydrogen (secondary N) is 1. The largest absolute Gasteiger partial charge is 0.489 e. The van der Waals surface area contributed by atoms with Crippen molar-refractivity contribution in [1.29, 1.82) is 0 Å². The minimum atomic E-state index is -0.791. The monoisotopic (exact) mass is 366 g/mol. The summed E-state index contributed by atoms with van der Waals surface area (Å²) in [6.07, 6.45) is 0.0625. The van der Waals surface area contributed by atoms with Gasteiger partial charge in [0.1, 0.15) is 12.4 Å². The summed E-state index contributed by atoms with van der Waals surface area (Å²) in [7, 11) is -0.791. The van der Waals surface area contributed by atoms with Crippen LogP contribution in [0.3, 0.4) is 0 Å². The quantitative estimate of drug-likeness (QED) is 0.535. The Hall–Kier alpha value is -2.04. The van der Waals surface area contributed by atoms with Crippen molar-refractivity contribution in [1.82, 2.24) is 4.98 Å². The molecule has 0 bridgehead atoms. The van der Waals surface area contributed by atoms with E-state index >= 15 is 0 Å². The summed E-state index contributed by atoms with van der Waals surface area (Å²) in [6.45, 7) is 11.6. The van der Waals surface area contributed by atoms with E-state index in [1.807, 2.05) is 24.3 Å². The van der Waals surface area contributed by atoms with Crippen LogP contribution in [0.4, 0.5) is 0 Å². The first-order chi connectivity index (χ1) is 12.3. The second kappa shape index (κ2) is 7.68. The molecule has 1 unspecified atom stereocenters. The molecule has 1 heterocycles. The Morgan fingerprint density at radius 2 is 1.73 bits per heavy atom. The third-order valence-corrected chi connectivity index (χ3v) is 4.99. The van der Waals surface area contributed by atoms with Crippen molar-refractivity contribution in [2.75, 3.05) is 0 Å². The molecule has 0 saturated heterocycles. The van der Waals surface area contributed by atoms with Crippen LogP contribution in [0.15, 0.2) is 54.6 Å². The Labute approximate surface area is 158 Å². The molecule has 3 aromatic rings. The highest BCUT2D eigenvalue weighted by Gasteiger charge is 2.29. The molecular weight excluding hydrogens is 338 g/mol. The number of aromatic amines is 1. The Kier molecular flexibility index (Phi) is 5.54. The molecule has 0 saturated carbocycles. The number of fused-ring (bicyclic) bond motifs is 1. The average Bonchev–Trinajstić information content (AvgIpc) is 3.00. The van der Waals surface area contributed by atoms with Gasteiger partial charge in [-0.25, -0.2) is 0 Å². The average molecular weight is 367 g/mol. The van der Waals surface area contributed by atoms with Crippen molar-refractivity contribution < 1.29 is 9.16 Å². The van der Waals surface area contributed by atoms with Crippen LogP contribution in [0.25, 0.3) is 10.9 Å². The fourth-order valence-electron chi connectivity index (χ4n) is 3.05. The van der Waals surface area contributed by atoms with Gasteiger partial charge in [0.05, 0.1) is 6.10 Å². The molecule has 3 rings (SSSR count). The van der Waals surface area contributed by atoms with Crippen LogP contribution in [-0.4, -0.2) is 14.0 Å². The van der Waals surface area contributed by atoms with Crippen molar-refractivity contribution in [2.45, 2.75) is 46.6 Å². The zero-order valence-electron chi connectivity index (χ0n) is 16.3. The Bertz CT molecular complexity index is 849. The highest BCUT2D eigenvalue weighted by molar-refractivity contribution is 6.48. The molecule has 3 nitrogen and oxygen atoms in total. The van der Waals surface area contributed by atoms with Crippen LogP contribution in [0.1, 0.15) is 38.1 Å². The molecule has 137 valence electrons. The fraction of sp³-hybridized carbons (Fsp3) is 0.364. The van der Waals surface area contributed by atoms with Gasteiger partial charge in [-0.1, -0.05) is 51.1 Å². The van der Waals surface area contributed by atoms with Crippen LogP contribution in [0.5, 0.6) is 5.75 Å². The summed E-state index contributed by atoms with van der Waals surface area (Å²) in [5, 5.41) is 1.16. The Balaban J connectivity index is 1.82. The van der Waals surface area contributed by atoms with Crippen LogP contribution in [0.2, 0.25) is 13.1 Å². The number of hydrogen-bond acceptors (Lipinski definition) is 2. The van der Waals surface area contributed by atoms with Crippen LogP contribution in [-0.2, 0) is 11.0 Å². The summed E-state index contributed by atoms with van der Waals surface area (Å²) >= 11 is 0. The normalized spacial score (nSPS) is 13.3. The number of rotatable bonds is 6. The van der Waals surface area contributed by atoms with Gasteiger partial charge in [-0.15, -0.1) is 0 Å². The number of hydrogen-bond donors (Lipinski definition) is 1. The first-order valence-electron chi connectivity index (χ1n) is 9.09. The van der Waals surface area contributed by atoms with Crippen molar-refractivity contribution in [3.05, 3.63) is 65.9 Å². The van der Waals surface area contributed by atoms with Crippen molar-refractivity contribution in [2.24, 2.45) is 5.41 Å².